The van der Waals surface area contributed by atoms with E-state index in [0.717, 1.165) is 5.76 Å². The molecule has 0 spiro atoms. The molecule has 5 heteroatoms. The van der Waals surface area contributed by atoms with Gasteiger partial charge in [0.25, 0.3) is 5.91 Å². The van der Waals surface area contributed by atoms with Gasteiger partial charge >= 0.3 is 0 Å². The Bertz CT molecular complexity index is 578. The molecule has 0 aliphatic carbocycles. The summed E-state index contributed by atoms with van der Waals surface area (Å²) in [6, 6.07) is 8.45. The van der Waals surface area contributed by atoms with Crippen molar-refractivity contribution in [2.45, 2.75) is 13.5 Å². The van der Waals surface area contributed by atoms with Crippen molar-refractivity contribution in [2.24, 2.45) is 0 Å². The maximum Gasteiger partial charge on any atom is 0.253 e. The summed E-state index contributed by atoms with van der Waals surface area (Å²) in [6.07, 6.45) is 0. The third kappa shape index (κ3) is 2.84. The van der Waals surface area contributed by atoms with Gasteiger partial charge in [0.2, 0.25) is 0 Å². The smallest absolute Gasteiger partial charge is 0.253 e. The molecule has 0 aliphatic heterocycles. The number of benzene rings is 1. The van der Waals surface area contributed by atoms with Crippen molar-refractivity contribution in [1.82, 2.24) is 5.32 Å². The van der Waals surface area contributed by atoms with E-state index in [4.69, 9.17) is 21.8 Å². The van der Waals surface area contributed by atoms with Gasteiger partial charge in [0.05, 0.1) is 17.1 Å². The van der Waals surface area contributed by atoms with Gasteiger partial charge in [-0.2, -0.15) is 0 Å². The van der Waals surface area contributed by atoms with Gasteiger partial charge in [0.1, 0.15) is 11.5 Å². The number of furan rings is 1. The van der Waals surface area contributed by atoms with Gasteiger partial charge in [-0.3, -0.25) is 4.79 Å². The molecule has 0 unspecified atom stereocenters. The quantitative estimate of drug-likeness (QED) is 0.838. The molecular formula is C13H13ClN2O2. The lowest BCUT2D eigenvalue weighted by molar-refractivity contribution is 0.0948. The van der Waals surface area contributed by atoms with Crippen molar-refractivity contribution in [3.05, 3.63) is 52.4 Å². The van der Waals surface area contributed by atoms with E-state index < -0.39 is 0 Å². The number of carbonyl (C=O) groups excluding carboxylic acids is 1. The van der Waals surface area contributed by atoms with Crippen molar-refractivity contribution < 1.29 is 9.21 Å². The van der Waals surface area contributed by atoms with E-state index in [1.807, 2.05) is 19.1 Å². The molecule has 0 saturated heterocycles. The second-order valence-electron chi connectivity index (χ2n) is 3.93. The highest BCUT2D eigenvalue weighted by molar-refractivity contribution is 6.34. The summed E-state index contributed by atoms with van der Waals surface area (Å²) in [7, 11) is 0. The lowest BCUT2D eigenvalue weighted by Crippen LogP contribution is -2.22. The number of halogens is 1. The van der Waals surface area contributed by atoms with Crippen molar-refractivity contribution in [1.29, 1.82) is 0 Å². The fourth-order valence-corrected chi connectivity index (χ4v) is 1.83. The summed E-state index contributed by atoms with van der Waals surface area (Å²) in [5.74, 6) is 1.26. The SMILES string of the molecule is Cc1ccc(CNC(=O)c2ccc(N)cc2Cl)o1. The van der Waals surface area contributed by atoms with Crippen LogP contribution in [0.3, 0.4) is 0 Å². The number of amides is 1. The largest absolute Gasteiger partial charge is 0.465 e. The molecule has 0 aliphatic rings. The van der Waals surface area contributed by atoms with E-state index in [0.29, 0.717) is 28.6 Å². The molecule has 0 bridgehead atoms. The predicted octanol–water partition coefficient (Wildman–Crippen LogP) is 2.75. The first-order valence-electron chi connectivity index (χ1n) is 5.45. The zero-order chi connectivity index (χ0) is 13.1. The first-order valence-corrected chi connectivity index (χ1v) is 5.82. The topological polar surface area (TPSA) is 68.3 Å². The number of anilines is 1. The van der Waals surface area contributed by atoms with E-state index in [-0.39, 0.29) is 5.91 Å². The highest BCUT2D eigenvalue weighted by atomic mass is 35.5. The zero-order valence-electron chi connectivity index (χ0n) is 9.87. The molecule has 2 aromatic rings. The Hall–Kier alpha value is -1.94. The van der Waals surface area contributed by atoms with Crippen LogP contribution in [0, 0.1) is 6.92 Å². The normalized spacial score (nSPS) is 10.3. The first-order chi connectivity index (χ1) is 8.56. The average Bonchev–Trinajstić information content (AvgIpc) is 2.72. The summed E-state index contributed by atoms with van der Waals surface area (Å²) < 4.78 is 5.35. The molecular weight excluding hydrogens is 252 g/mol. The van der Waals surface area contributed by atoms with Crippen molar-refractivity contribution in [2.75, 3.05) is 5.73 Å². The van der Waals surface area contributed by atoms with E-state index in [1.165, 1.54) is 0 Å². The van der Waals surface area contributed by atoms with E-state index in [2.05, 4.69) is 5.32 Å². The van der Waals surface area contributed by atoms with Crippen molar-refractivity contribution in [3.63, 3.8) is 0 Å². The standard InChI is InChI=1S/C13H13ClN2O2/c1-8-2-4-10(18-8)7-16-13(17)11-5-3-9(15)6-12(11)14/h2-6H,7,15H2,1H3,(H,16,17). The second-order valence-corrected chi connectivity index (χ2v) is 4.34. The van der Waals surface area contributed by atoms with Crippen LogP contribution in [0.1, 0.15) is 21.9 Å². The number of nitrogens with one attached hydrogen (secondary N) is 1. The number of hydrogen-bond donors (Lipinski definition) is 2. The number of carbonyl (C=O) groups is 1. The molecule has 1 heterocycles. The lowest BCUT2D eigenvalue weighted by Gasteiger charge is -2.06. The van der Waals surface area contributed by atoms with Crippen LogP contribution in [0.2, 0.25) is 5.02 Å². The van der Waals surface area contributed by atoms with Crippen LogP contribution in [0.5, 0.6) is 0 Å². The molecule has 0 fully saturated rings. The molecule has 0 radical (unpaired) electrons. The summed E-state index contributed by atoms with van der Waals surface area (Å²) in [6.45, 7) is 2.18. The van der Waals surface area contributed by atoms with Crippen molar-refractivity contribution in [3.8, 4) is 0 Å². The molecule has 18 heavy (non-hydrogen) atoms. The Kier molecular flexibility index (Phi) is 3.58. The molecule has 94 valence electrons. The summed E-state index contributed by atoms with van der Waals surface area (Å²) in [5.41, 5.74) is 6.49. The van der Waals surface area contributed by atoms with Crippen LogP contribution in [0.25, 0.3) is 0 Å². The van der Waals surface area contributed by atoms with Gasteiger partial charge in [-0.05, 0) is 37.3 Å². The highest BCUT2D eigenvalue weighted by Crippen LogP contribution is 2.19. The third-order valence-corrected chi connectivity index (χ3v) is 2.77. The molecule has 0 saturated carbocycles. The van der Waals surface area contributed by atoms with Crippen molar-refractivity contribution >= 4 is 23.2 Å². The molecule has 4 nitrogen and oxygen atoms in total. The Balaban J connectivity index is 2.03. The van der Waals surface area contributed by atoms with E-state index in [1.54, 1.807) is 18.2 Å². The monoisotopic (exact) mass is 264 g/mol. The number of aryl methyl sites for hydroxylation is 1. The lowest BCUT2D eigenvalue weighted by atomic mass is 10.2. The maximum absolute atomic E-state index is 11.9. The fourth-order valence-electron chi connectivity index (χ4n) is 1.56. The molecule has 1 aromatic heterocycles. The number of nitrogens with two attached hydrogens (primary N) is 1. The Morgan fingerprint density at radius 1 is 1.39 bits per heavy atom. The van der Waals surface area contributed by atoms with Gasteiger partial charge < -0.3 is 15.5 Å². The van der Waals surface area contributed by atoms with E-state index in [9.17, 15) is 4.79 Å². The van der Waals surface area contributed by atoms with Gasteiger partial charge in [0, 0.05) is 5.69 Å². The molecule has 3 N–H and O–H groups in total. The third-order valence-electron chi connectivity index (χ3n) is 2.46. The van der Waals surface area contributed by atoms with Crippen LogP contribution in [0.4, 0.5) is 5.69 Å². The molecule has 1 amide bonds. The highest BCUT2D eigenvalue weighted by Gasteiger charge is 2.10. The minimum atomic E-state index is -0.256. The predicted molar refractivity (Wildman–Crippen MR) is 70.5 cm³/mol. The number of nitrogen functional groups attached to an aromatic ring is 1. The number of rotatable bonds is 3. The second kappa shape index (κ2) is 5.14. The first kappa shape index (κ1) is 12.5. The molecule has 0 atom stereocenters. The molecule has 1 aromatic carbocycles. The summed E-state index contributed by atoms with van der Waals surface area (Å²) >= 11 is 5.95. The summed E-state index contributed by atoms with van der Waals surface area (Å²) in [4.78, 5) is 11.9. The van der Waals surface area contributed by atoms with E-state index >= 15 is 0 Å². The average molecular weight is 265 g/mol. The number of hydrogen-bond acceptors (Lipinski definition) is 3. The van der Waals surface area contributed by atoms with Crippen LogP contribution >= 0.6 is 11.6 Å². The van der Waals surface area contributed by atoms with Crippen LogP contribution in [-0.2, 0) is 6.54 Å². The minimum Gasteiger partial charge on any atom is -0.465 e. The Morgan fingerprint density at radius 3 is 2.78 bits per heavy atom. The Morgan fingerprint density at radius 2 is 2.17 bits per heavy atom. The molecule has 2 rings (SSSR count). The van der Waals surface area contributed by atoms with Crippen LogP contribution < -0.4 is 11.1 Å². The fraction of sp³-hybridized carbons (Fsp3) is 0.154. The van der Waals surface area contributed by atoms with Gasteiger partial charge in [0.15, 0.2) is 0 Å². The maximum atomic E-state index is 11.9. The van der Waals surface area contributed by atoms with Gasteiger partial charge in [-0.15, -0.1) is 0 Å². The summed E-state index contributed by atoms with van der Waals surface area (Å²) in [5, 5.41) is 3.07. The van der Waals surface area contributed by atoms with Gasteiger partial charge in [-0.25, -0.2) is 0 Å². The minimum absolute atomic E-state index is 0.256. The van der Waals surface area contributed by atoms with Crippen LogP contribution in [0.15, 0.2) is 34.7 Å². The van der Waals surface area contributed by atoms with Crippen LogP contribution in [-0.4, -0.2) is 5.91 Å². The Labute approximate surface area is 110 Å². The zero-order valence-corrected chi connectivity index (χ0v) is 10.6. The van der Waals surface area contributed by atoms with Gasteiger partial charge in [-0.1, -0.05) is 11.6 Å².